The van der Waals surface area contributed by atoms with Crippen LogP contribution in [0.3, 0.4) is 0 Å². The van der Waals surface area contributed by atoms with Gasteiger partial charge >= 0.3 is 0 Å². The van der Waals surface area contributed by atoms with Crippen molar-refractivity contribution in [2.75, 3.05) is 7.05 Å². The average molecular weight is 194 g/mol. The van der Waals surface area contributed by atoms with Crippen LogP contribution in [0, 0.1) is 0 Å². The molecule has 14 heavy (non-hydrogen) atoms. The van der Waals surface area contributed by atoms with E-state index in [0.717, 1.165) is 0 Å². The van der Waals surface area contributed by atoms with Crippen LogP contribution < -0.4 is 5.32 Å². The van der Waals surface area contributed by atoms with Gasteiger partial charge in [0.25, 0.3) is 0 Å². The maximum atomic E-state index is 11.1. The molecule has 1 amide bonds. The van der Waals surface area contributed by atoms with E-state index in [-0.39, 0.29) is 12.5 Å². The summed E-state index contributed by atoms with van der Waals surface area (Å²) in [5.41, 5.74) is 0. The van der Waals surface area contributed by atoms with E-state index in [4.69, 9.17) is 0 Å². The lowest BCUT2D eigenvalue weighted by Gasteiger charge is -1.97. The van der Waals surface area contributed by atoms with Crippen molar-refractivity contribution in [1.82, 2.24) is 20.1 Å². The van der Waals surface area contributed by atoms with Gasteiger partial charge < -0.3 is 5.32 Å². The molecule has 0 aliphatic carbocycles. The Kier molecular flexibility index (Phi) is 3.99. The SMILES string of the molecule is CN=CN=CNC(=O)Cn1cncn1. The van der Waals surface area contributed by atoms with Crippen LogP contribution in [-0.2, 0) is 11.3 Å². The monoisotopic (exact) mass is 194 g/mol. The normalized spacial score (nSPS) is 11.2. The molecule has 0 radical (unpaired) electrons. The fourth-order valence-corrected chi connectivity index (χ4v) is 0.716. The summed E-state index contributed by atoms with van der Waals surface area (Å²) in [4.78, 5) is 22.1. The molecular weight excluding hydrogens is 184 g/mol. The van der Waals surface area contributed by atoms with Crippen molar-refractivity contribution < 1.29 is 4.79 Å². The first-order valence-electron chi connectivity index (χ1n) is 3.87. The van der Waals surface area contributed by atoms with E-state index in [1.54, 1.807) is 7.05 Å². The molecule has 0 saturated heterocycles. The number of nitrogens with one attached hydrogen (secondary N) is 1. The van der Waals surface area contributed by atoms with E-state index >= 15 is 0 Å². The molecular formula is C7H10N6O. The summed E-state index contributed by atoms with van der Waals surface area (Å²) in [6, 6.07) is 0. The van der Waals surface area contributed by atoms with Crippen LogP contribution in [0.5, 0.6) is 0 Å². The highest BCUT2D eigenvalue weighted by Gasteiger charge is 1.99. The van der Waals surface area contributed by atoms with Crippen LogP contribution >= 0.6 is 0 Å². The second-order valence-electron chi connectivity index (χ2n) is 2.31. The number of carbonyl (C=O) groups excluding carboxylic acids is 1. The zero-order valence-electron chi connectivity index (χ0n) is 7.66. The highest BCUT2D eigenvalue weighted by Crippen LogP contribution is 1.78. The van der Waals surface area contributed by atoms with Gasteiger partial charge in [-0.2, -0.15) is 5.10 Å². The lowest BCUT2D eigenvalue weighted by molar-refractivity contribution is -0.120. The Bertz CT molecular complexity index is 328. The van der Waals surface area contributed by atoms with Gasteiger partial charge in [-0.1, -0.05) is 0 Å². The molecule has 0 unspecified atom stereocenters. The summed E-state index contributed by atoms with van der Waals surface area (Å²) < 4.78 is 1.41. The summed E-state index contributed by atoms with van der Waals surface area (Å²) >= 11 is 0. The minimum absolute atomic E-state index is 0.120. The second kappa shape index (κ2) is 5.57. The molecule has 1 aromatic rings. The standard InChI is InChI=1S/C7H10N6O/c1-8-3-9-4-11-7(14)2-13-6-10-5-12-13/h3-6H,2H2,1H3,(H,8,9,11,14). The molecule has 0 saturated carbocycles. The predicted octanol–water partition coefficient (Wildman–Crippen LogP) is -0.919. The fraction of sp³-hybridized carbons (Fsp3) is 0.286. The number of nitrogens with zero attached hydrogens (tertiary/aromatic N) is 5. The molecule has 1 rings (SSSR count). The van der Waals surface area contributed by atoms with Gasteiger partial charge in [0.15, 0.2) is 0 Å². The molecule has 1 heterocycles. The molecule has 0 aliphatic rings. The van der Waals surface area contributed by atoms with E-state index in [9.17, 15) is 4.79 Å². The Morgan fingerprint density at radius 1 is 1.71 bits per heavy atom. The highest BCUT2D eigenvalue weighted by atomic mass is 16.2. The third-order valence-electron chi connectivity index (χ3n) is 1.25. The third-order valence-corrected chi connectivity index (χ3v) is 1.25. The van der Waals surface area contributed by atoms with Gasteiger partial charge in [0.1, 0.15) is 25.5 Å². The fourth-order valence-electron chi connectivity index (χ4n) is 0.716. The van der Waals surface area contributed by atoms with E-state index < -0.39 is 0 Å². The smallest absolute Gasteiger partial charge is 0.246 e. The molecule has 7 heteroatoms. The summed E-state index contributed by atoms with van der Waals surface area (Å²) in [6.07, 6.45) is 5.43. The van der Waals surface area contributed by atoms with Crippen molar-refractivity contribution in [2.45, 2.75) is 6.54 Å². The van der Waals surface area contributed by atoms with E-state index in [2.05, 4.69) is 25.4 Å². The van der Waals surface area contributed by atoms with Crippen molar-refractivity contribution in [3.63, 3.8) is 0 Å². The maximum absolute atomic E-state index is 11.1. The van der Waals surface area contributed by atoms with Crippen LogP contribution in [0.1, 0.15) is 0 Å². The molecule has 0 fully saturated rings. The summed E-state index contributed by atoms with van der Waals surface area (Å²) in [6.45, 7) is 0.120. The minimum Gasteiger partial charge on any atom is -0.315 e. The molecule has 7 nitrogen and oxygen atoms in total. The molecule has 1 N–H and O–H groups in total. The van der Waals surface area contributed by atoms with Crippen LogP contribution in [0.25, 0.3) is 0 Å². The summed E-state index contributed by atoms with van der Waals surface area (Å²) in [5.74, 6) is -0.219. The molecule has 0 aromatic carbocycles. The Morgan fingerprint density at radius 2 is 2.57 bits per heavy atom. The molecule has 0 atom stereocenters. The predicted molar refractivity (Wildman–Crippen MR) is 51.1 cm³/mol. The number of aliphatic imine (C=N–C) groups is 2. The van der Waals surface area contributed by atoms with Crippen LogP contribution in [0.4, 0.5) is 0 Å². The van der Waals surface area contributed by atoms with Crippen molar-refractivity contribution >= 4 is 18.6 Å². The largest absolute Gasteiger partial charge is 0.315 e. The second-order valence-corrected chi connectivity index (χ2v) is 2.31. The number of amides is 1. The van der Waals surface area contributed by atoms with Crippen LogP contribution in [0.15, 0.2) is 22.6 Å². The van der Waals surface area contributed by atoms with E-state index in [1.807, 2.05) is 0 Å². The van der Waals surface area contributed by atoms with Gasteiger partial charge in [0.05, 0.1) is 6.34 Å². The minimum atomic E-state index is -0.219. The van der Waals surface area contributed by atoms with E-state index in [0.29, 0.717) is 0 Å². The van der Waals surface area contributed by atoms with Gasteiger partial charge in [0, 0.05) is 7.05 Å². The quantitative estimate of drug-likeness (QED) is 0.497. The highest BCUT2D eigenvalue weighted by molar-refractivity contribution is 5.89. The Hall–Kier alpha value is -2.05. The zero-order valence-corrected chi connectivity index (χ0v) is 7.66. The first kappa shape index (κ1) is 10.0. The first-order valence-corrected chi connectivity index (χ1v) is 3.87. The Labute approximate surface area is 80.6 Å². The Balaban J connectivity index is 2.30. The molecule has 0 spiro atoms. The van der Waals surface area contributed by atoms with Gasteiger partial charge in [0.2, 0.25) is 5.91 Å². The van der Waals surface area contributed by atoms with Crippen molar-refractivity contribution in [3.05, 3.63) is 12.7 Å². The number of carbonyl (C=O) groups is 1. The van der Waals surface area contributed by atoms with Gasteiger partial charge in [-0.25, -0.2) is 14.7 Å². The summed E-state index contributed by atoms with van der Waals surface area (Å²) in [5, 5.41) is 6.22. The van der Waals surface area contributed by atoms with Gasteiger partial charge in [-0.05, 0) is 0 Å². The first-order chi connectivity index (χ1) is 6.83. The number of hydrogen-bond donors (Lipinski definition) is 1. The number of aromatic nitrogens is 3. The van der Waals surface area contributed by atoms with Crippen molar-refractivity contribution in [2.24, 2.45) is 9.98 Å². The van der Waals surface area contributed by atoms with Gasteiger partial charge in [-0.3, -0.25) is 9.79 Å². The summed E-state index contributed by atoms with van der Waals surface area (Å²) in [7, 11) is 1.59. The molecule has 74 valence electrons. The van der Waals surface area contributed by atoms with Crippen LogP contribution in [0.2, 0.25) is 0 Å². The van der Waals surface area contributed by atoms with E-state index in [1.165, 1.54) is 30.0 Å². The average Bonchev–Trinajstić information content (AvgIpc) is 2.65. The molecule has 0 aliphatic heterocycles. The topological polar surface area (TPSA) is 84.5 Å². The lowest BCUT2D eigenvalue weighted by Crippen LogP contribution is -2.26. The Morgan fingerprint density at radius 3 is 3.21 bits per heavy atom. The van der Waals surface area contributed by atoms with Gasteiger partial charge in [-0.15, -0.1) is 0 Å². The van der Waals surface area contributed by atoms with Crippen molar-refractivity contribution in [3.8, 4) is 0 Å². The zero-order chi connectivity index (χ0) is 10.2. The molecule has 0 bridgehead atoms. The number of hydrogen-bond acceptors (Lipinski definition) is 4. The van der Waals surface area contributed by atoms with Crippen LogP contribution in [-0.4, -0.2) is 40.4 Å². The molecule has 1 aromatic heterocycles. The van der Waals surface area contributed by atoms with Crippen molar-refractivity contribution in [1.29, 1.82) is 0 Å². The lowest BCUT2D eigenvalue weighted by atomic mass is 10.6. The maximum Gasteiger partial charge on any atom is 0.246 e. The number of rotatable bonds is 4. The third kappa shape index (κ3) is 3.57.